The van der Waals surface area contributed by atoms with Crippen molar-refractivity contribution in [2.75, 3.05) is 31.6 Å². The summed E-state index contributed by atoms with van der Waals surface area (Å²) in [6.45, 7) is 1.89. The molecule has 1 aromatic heterocycles. The van der Waals surface area contributed by atoms with Crippen LogP contribution in [0.3, 0.4) is 0 Å². The van der Waals surface area contributed by atoms with Gasteiger partial charge in [0.15, 0.2) is 5.13 Å². The first-order valence-electron chi connectivity index (χ1n) is 12.4. The molecule has 1 amide bonds. The second-order valence-electron chi connectivity index (χ2n) is 9.38. The number of nitrogens with zero attached hydrogens (tertiary/aromatic N) is 3. The van der Waals surface area contributed by atoms with Crippen LogP contribution < -0.4 is 9.64 Å². The topological polar surface area (TPSA) is 83.0 Å². The number of anilines is 1. The highest BCUT2D eigenvalue weighted by Gasteiger charge is 2.31. The van der Waals surface area contributed by atoms with Gasteiger partial charge < -0.3 is 19.6 Å². The van der Waals surface area contributed by atoms with E-state index in [0.29, 0.717) is 41.8 Å². The summed E-state index contributed by atoms with van der Waals surface area (Å²) in [5, 5.41) is 9.96. The summed E-state index contributed by atoms with van der Waals surface area (Å²) in [6, 6.07) is 20.2. The minimum Gasteiger partial charge on any atom is -0.497 e. The Morgan fingerprint density at radius 1 is 1.11 bits per heavy atom. The Labute approximate surface area is 224 Å². The van der Waals surface area contributed by atoms with E-state index >= 15 is 0 Å². The minimum absolute atomic E-state index is 0.154. The molecule has 1 aliphatic heterocycles. The third kappa shape index (κ3) is 5.62. The summed E-state index contributed by atoms with van der Waals surface area (Å²) >= 11 is 1.33. The number of hydrogen-bond acceptors (Lipinski definition) is 6. The van der Waals surface area contributed by atoms with Crippen LogP contribution in [0.4, 0.5) is 9.52 Å². The summed E-state index contributed by atoms with van der Waals surface area (Å²) in [5.74, 6) is -1.000. The molecule has 1 atom stereocenters. The van der Waals surface area contributed by atoms with Crippen LogP contribution in [0.15, 0.2) is 66.7 Å². The van der Waals surface area contributed by atoms with Gasteiger partial charge in [0.1, 0.15) is 11.6 Å². The molecule has 1 aliphatic rings. The molecule has 2 heterocycles. The van der Waals surface area contributed by atoms with E-state index in [1.54, 1.807) is 30.2 Å². The van der Waals surface area contributed by atoms with Crippen LogP contribution in [-0.2, 0) is 17.8 Å². The van der Waals surface area contributed by atoms with E-state index in [2.05, 4.69) is 4.90 Å². The maximum Gasteiger partial charge on any atom is 0.308 e. The molecule has 0 radical (unpaired) electrons. The summed E-state index contributed by atoms with van der Waals surface area (Å²) in [4.78, 5) is 32.6. The fourth-order valence-electron chi connectivity index (χ4n) is 4.64. The normalized spacial score (nSPS) is 15.1. The predicted octanol–water partition coefficient (Wildman–Crippen LogP) is 5.24. The number of carbonyl (C=O) groups excluding carboxylic acids is 1. The Morgan fingerprint density at radius 2 is 1.84 bits per heavy atom. The van der Waals surface area contributed by atoms with Gasteiger partial charge in [0, 0.05) is 31.7 Å². The molecular formula is C29H28FN3O4S. The van der Waals surface area contributed by atoms with Gasteiger partial charge in [-0.05, 0) is 60.4 Å². The summed E-state index contributed by atoms with van der Waals surface area (Å²) < 4.78 is 20.2. The molecule has 1 saturated heterocycles. The Morgan fingerprint density at radius 3 is 2.50 bits per heavy atom. The molecule has 1 unspecified atom stereocenters. The summed E-state index contributed by atoms with van der Waals surface area (Å²) in [5.41, 5.74) is 3.30. The highest BCUT2D eigenvalue weighted by molar-refractivity contribution is 7.22. The van der Waals surface area contributed by atoms with Crippen LogP contribution in [0.5, 0.6) is 5.75 Å². The van der Waals surface area contributed by atoms with Gasteiger partial charge in [-0.3, -0.25) is 9.59 Å². The molecule has 0 bridgehead atoms. The molecular weight excluding hydrogens is 505 g/mol. The molecule has 7 nitrogen and oxygen atoms in total. The second kappa shape index (κ2) is 11.2. The number of rotatable bonds is 9. The zero-order valence-electron chi connectivity index (χ0n) is 21.0. The van der Waals surface area contributed by atoms with E-state index in [0.717, 1.165) is 28.4 Å². The lowest BCUT2D eigenvalue weighted by atomic mass is 10.1. The lowest BCUT2D eigenvalue weighted by Crippen LogP contribution is -2.30. The first-order chi connectivity index (χ1) is 18.4. The number of methoxy groups -OCH3 is 1. The second-order valence-corrected chi connectivity index (χ2v) is 10.4. The maximum atomic E-state index is 14.4. The van der Waals surface area contributed by atoms with Crippen LogP contribution in [-0.4, -0.2) is 53.6 Å². The van der Waals surface area contributed by atoms with Crippen molar-refractivity contribution < 1.29 is 23.8 Å². The molecule has 9 heteroatoms. The number of fused-ring (bicyclic) bond motifs is 1. The third-order valence-corrected chi connectivity index (χ3v) is 7.99. The number of amides is 1. The van der Waals surface area contributed by atoms with Crippen LogP contribution >= 0.6 is 11.3 Å². The zero-order valence-corrected chi connectivity index (χ0v) is 21.8. The number of benzene rings is 3. The third-order valence-electron chi connectivity index (χ3n) is 6.85. The van der Waals surface area contributed by atoms with E-state index in [1.807, 2.05) is 42.5 Å². The number of likely N-dealkylation sites (tertiary alicyclic amines) is 1. The SMILES string of the molecule is COc1ccc(CCN(Cc2ccc(C(=O)N3CCC(C(=O)O)C3)cc2)c2nc3cccc(F)c3s2)cc1. The number of ether oxygens (including phenoxy) is 1. The van der Waals surface area contributed by atoms with E-state index in [9.17, 15) is 19.1 Å². The van der Waals surface area contributed by atoms with Crippen molar-refractivity contribution in [1.29, 1.82) is 0 Å². The molecule has 1 N–H and O–H groups in total. The van der Waals surface area contributed by atoms with Crippen molar-refractivity contribution in [3.8, 4) is 5.75 Å². The number of carboxylic acids is 1. The fourth-order valence-corrected chi connectivity index (χ4v) is 5.63. The average Bonchev–Trinajstić information content (AvgIpc) is 3.60. The predicted molar refractivity (Wildman–Crippen MR) is 145 cm³/mol. The van der Waals surface area contributed by atoms with Crippen LogP contribution in [0.2, 0.25) is 0 Å². The summed E-state index contributed by atoms with van der Waals surface area (Å²) in [7, 11) is 1.64. The van der Waals surface area contributed by atoms with Gasteiger partial charge in [-0.15, -0.1) is 0 Å². The van der Waals surface area contributed by atoms with Gasteiger partial charge in [0.2, 0.25) is 0 Å². The monoisotopic (exact) mass is 533 g/mol. The molecule has 38 heavy (non-hydrogen) atoms. The van der Waals surface area contributed by atoms with E-state index in [1.165, 1.54) is 17.4 Å². The van der Waals surface area contributed by atoms with Crippen LogP contribution in [0, 0.1) is 11.7 Å². The highest BCUT2D eigenvalue weighted by Crippen LogP contribution is 2.32. The molecule has 4 aromatic rings. The molecule has 0 spiro atoms. The first-order valence-corrected chi connectivity index (χ1v) is 13.3. The van der Waals surface area contributed by atoms with E-state index < -0.39 is 11.9 Å². The molecule has 3 aromatic carbocycles. The van der Waals surface area contributed by atoms with Gasteiger partial charge in [-0.1, -0.05) is 41.7 Å². The van der Waals surface area contributed by atoms with Gasteiger partial charge in [0.25, 0.3) is 5.91 Å². The Hall–Kier alpha value is -3.98. The lowest BCUT2D eigenvalue weighted by molar-refractivity contribution is -0.141. The van der Waals surface area contributed by atoms with Crippen molar-refractivity contribution in [2.45, 2.75) is 19.4 Å². The highest BCUT2D eigenvalue weighted by atomic mass is 32.1. The van der Waals surface area contributed by atoms with E-state index in [-0.39, 0.29) is 18.3 Å². The Bertz CT molecular complexity index is 1440. The lowest BCUT2D eigenvalue weighted by Gasteiger charge is -2.22. The number of aromatic nitrogens is 1. The number of carbonyl (C=O) groups is 2. The molecule has 1 fully saturated rings. The average molecular weight is 534 g/mol. The number of hydrogen-bond donors (Lipinski definition) is 1. The first kappa shape index (κ1) is 25.7. The number of aliphatic carboxylic acids is 1. The summed E-state index contributed by atoms with van der Waals surface area (Å²) in [6.07, 6.45) is 1.24. The van der Waals surface area contributed by atoms with Crippen molar-refractivity contribution in [1.82, 2.24) is 9.88 Å². The standard InChI is InChI=1S/C29H28FN3O4S/c1-37-23-11-7-19(8-12-23)13-15-33(29-31-25-4-2-3-24(30)26(25)38-29)17-20-5-9-21(10-6-20)27(34)32-16-14-22(18-32)28(35)36/h2-12,22H,13-18H2,1H3,(H,35,36). The van der Waals surface area contributed by atoms with Gasteiger partial charge in [-0.2, -0.15) is 0 Å². The van der Waals surface area contributed by atoms with Crippen molar-refractivity contribution in [3.63, 3.8) is 0 Å². The number of carboxylic acid groups (broad SMARTS) is 1. The van der Waals surface area contributed by atoms with Crippen molar-refractivity contribution >= 4 is 38.6 Å². The minimum atomic E-state index is -0.861. The largest absolute Gasteiger partial charge is 0.497 e. The number of halogens is 1. The fraction of sp³-hybridized carbons (Fsp3) is 0.276. The maximum absolute atomic E-state index is 14.4. The van der Waals surface area contributed by atoms with Gasteiger partial charge in [0.05, 0.1) is 23.2 Å². The van der Waals surface area contributed by atoms with Crippen molar-refractivity contribution in [2.24, 2.45) is 5.92 Å². The van der Waals surface area contributed by atoms with Gasteiger partial charge >= 0.3 is 5.97 Å². The van der Waals surface area contributed by atoms with Crippen LogP contribution in [0.1, 0.15) is 27.9 Å². The Kier molecular flexibility index (Phi) is 7.55. The molecule has 0 saturated carbocycles. The molecule has 196 valence electrons. The zero-order chi connectivity index (χ0) is 26.6. The molecule has 0 aliphatic carbocycles. The Balaban J connectivity index is 1.33. The smallest absolute Gasteiger partial charge is 0.308 e. The number of thiazole rings is 1. The quantitative estimate of drug-likeness (QED) is 0.317. The van der Waals surface area contributed by atoms with Gasteiger partial charge in [-0.25, -0.2) is 9.37 Å². The van der Waals surface area contributed by atoms with Crippen LogP contribution in [0.25, 0.3) is 10.2 Å². The van der Waals surface area contributed by atoms with E-state index in [4.69, 9.17) is 9.72 Å². The van der Waals surface area contributed by atoms with Crippen molar-refractivity contribution in [3.05, 3.63) is 89.2 Å². The molecule has 5 rings (SSSR count).